The molecule has 0 atom stereocenters. The SMILES string of the molecule is COc1cc(C(=O)Nc2cc(-c3c(Nc4ccccc4)c4c(n3C(=O)O)CNCC4=O)ccn2)ccc1F. The molecule has 0 saturated heterocycles. The Balaban J connectivity index is 1.59. The van der Waals surface area contributed by atoms with Gasteiger partial charge in [0, 0.05) is 29.6 Å². The summed E-state index contributed by atoms with van der Waals surface area (Å²) < 4.78 is 19.8. The second kappa shape index (κ2) is 10.1. The standard InChI is InChI=1S/C27H22FN5O5/c1-38-21-11-16(7-8-18(21)28)26(35)32-22-12-15(9-10-30-22)25-24(31-17-5-3-2-4-6-17)23-19(33(25)27(36)37)13-29-14-20(23)34/h2-12,29,31H,13-14H2,1H3,(H,36,37)(H,30,32,35). The van der Waals surface area contributed by atoms with Gasteiger partial charge in [0.25, 0.3) is 5.91 Å². The van der Waals surface area contributed by atoms with Gasteiger partial charge in [-0.15, -0.1) is 0 Å². The van der Waals surface area contributed by atoms with E-state index in [0.29, 0.717) is 22.6 Å². The average molecular weight is 516 g/mol. The molecule has 1 amide bonds. The Morgan fingerprint density at radius 2 is 1.89 bits per heavy atom. The maximum Gasteiger partial charge on any atom is 0.416 e. The van der Waals surface area contributed by atoms with Crippen LogP contribution in [0.1, 0.15) is 26.4 Å². The first-order chi connectivity index (χ1) is 18.4. The molecule has 0 aliphatic carbocycles. The number of carboxylic acid groups (broad SMARTS) is 1. The third-order valence-corrected chi connectivity index (χ3v) is 6.05. The monoisotopic (exact) mass is 515 g/mol. The topological polar surface area (TPSA) is 135 Å². The Morgan fingerprint density at radius 1 is 1.11 bits per heavy atom. The lowest BCUT2D eigenvalue weighted by Crippen LogP contribution is -2.31. The number of hydrogen-bond acceptors (Lipinski definition) is 7. The van der Waals surface area contributed by atoms with Crippen molar-refractivity contribution in [2.45, 2.75) is 6.54 Å². The molecule has 0 radical (unpaired) electrons. The number of rotatable bonds is 6. The summed E-state index contributed by atoms with van der Waals surface area (Å²) in [4.78, 5) is 42.4. The number of hydrogen-bond donors (Lipinski definition) is 4. The number of halogens is 1. The molecule has 0 unspecified atom stereocenters. The lowest BCUT2D eigenvalue weighted by atomic mass is 10.0. The highest BCUT2D eigenvalue weighted by molar-refractivity contribution is 6.10. The average Bonchev–Trinajstić information content (AvgIpc) is 3.25. The zero-order valence-electron chi connectivity index (χ0n) is 20.1. The van der Waals surface area contributed by atoms with Gasteiger partial charge >= 0.3 is 6.09 Å². The van der Waals surface area contributed by atoms with Gasteiger partial charge in [-0.05, 0) is 42.5 Å². The highest BCUT2D eigenvalue weighted by atomic mass is 19.1. The molecule has 38 heavy (non-hydrogen) atoms. The molecule has 0 saturated carbocycles. The van der Waals surface area contributed by atoms with E-state index in [0.717, 1.165) is 10.6 Å². The first-order valence-electron chi connectivity index (χ1n) is 11.6. The number of methoxy groups -OCH3 is 1. The number of aromatic nitrogens is 2. The van der Waals surface area contributed by atoms with E-state index >= 15 is 0 Å². The number of carbonyl (C=O) groups excluding carboxylic acids is 2. The van der Waals surface area contributed by atoms with E-state index in [4.69, 9.17) is 4.74 Å². The molecule has 192 valence electrons. The van der Waals surface area contributed by atoms with Crippen LogP contribution in [-0.2, 0) is 6.54 Å². The fraction of sp³-hybridized carbons (Fsp3) is 0.111. The normalized spacial score (nSPS) is 12.5. The van der Waals surface area contributed by atoms with Crippen molar-refractivity contribution in [2.24, 2.45) is 0 Å². The quantitative estimate of drug-likeness (QED) is 0.295. The lowest BCUT2D eigenvalue weighted by molar-refractivity contribution is 0.0981. The minimum absolute atomic E-state index is 0.0678. The van der Waals surface area contributed by atoms with E-state index in [-0.39, 0.29) is 47.3 Å². The molecule has 3 heterocycles. The fourth-order valence-electron chi connectivity index (χ4n) is 4.38. The van der Waals surface area contributed by atoms with Gasteiger partial charge in [-0.2, -0.15) is 0 Å². The van der Waals surface area contributed by atoms with Gasteiger partial charge in [-0.1, -0.05) is 18.2 Å². The van der Waals surface area contributed by atoms with Gasteiger partial charge in [0.15, 0.2) is 17.3 Å². The van der Waals surface area contributed by atoms with E-state index < -0.39 is 17.8 Å². The molecule has 4 aromatic rings. The second-order valence-electron chi connectivity index (χ2n) is 8.41. The largest absolute Gasteiger partial charge is 0.494 e. The fourth-order valence-corrected chi connectivity index (χ4v) is 4.38. The first kappa shape index (κ1) is 24.7. The summed E-state index contributed by atoms with van der Waals surface area (Å²) in [6, 6.07) is 15.9. The lowest BCUT2D eigenvalue weighted by Gasteiger charge is -2.15. The molecule has 2 aromatic heterocycles. The van der Waals surface area contributed by atoms with Gasteiger partial charge in [-0.25, -0.2) is 18.7 Å². The molecule has 0 fully saturated rings. The van der Waals surface area contributed by atoms with Crippen LogP contribution in [0.5, 0.6) is 5.75 Å². The van der Waals surface area contributed by atoms with Crippen molar-refractivity contribution < 1.29 is 28.6 Å². The van der Waals surface area contributed by atoms with Crippen LogP contribution in [0.25, 0.3) is 11.3 Å². The van der Waals surface area contributed by atoms with Crippen molar-refractivity contribution in [2.75, 3.05) is 24.3 Å². The van der Waals surface area contributed by atoms with E-state index in [2.05, 4.69) is 20.9 Å². The van der Waals surface area contributed by atoms with Crippen molar-refractivity contribution in [1.82, 2.24) is 14.9 Å². The maximum atomic E-state index is 13.8. The van der Waals surface area contributed by atoms with Crippen LogP contribution in [0.3, 0.4) is 0 Å². The number of benzene rings is 2. The number of nitrogens with zero attached hydrogens (tertiary/aromatic N) is 2. The van der Waals surface area contributed by atoms with Crippen LogP contribution < -0.4 is 20.7 Å². The van der Waals surface area contributed by atoms with Crippen molar-refractivity contribution in [3.05, 3.63) is 89.5 Å². The van der Waals surface area contributed by atoms with Gasteiger partial charge in [0.2, 0.25) is 0 Å². The minimum atomic E-state index is -1.27. The molecule has 1 aliphatic rings. The number of ether oxygens (including phenoxy) is 1. The maximum absolute atomic E-state index is 13.8. The van der Waals surface area contributed by atoms with Crippen molar-refractivity contribution in [1.29, 1.82) is 0 Å². The number of nitrogens with one attached hydrogen (secondary N) is 3. The van der Waals surface area contributed by atoms with Crippen molar-refractivity contribution in [3.63, 3.8) is 0 Å². The molecule has 0 spiro atoms. The summed E-state index contributed by atoms with van der Waals surface area (Å²) in [6.07, 6.45) is 0.149. The second-order valence-corrected chi connectivity index (χ2v) is 8.41. The molecule has 0 bridgehead atoms. The number of ketones is 1. The third-order valence-electron chi connectivity index (χ3n) is 6.05. The van der Waals surface area contributed by atoms with Gasteiger partial charge in [0.1, 0.15) is 5.82 Å². The molecule has 1 aliphatic heterocycles. The molecular formula is C27H22FN5O5. The summed E-state index contributed by atoms with van der Waals surface area (Å²) in [5, 5.41) is 19.0. The van der Waals surface area contributed by atoms with Gasteiger partial charge in [-0.3, -0.25) is 9.59 Å². The highest BCUT2D eigenvalue weighted by Gasteiger charge is 2.33. The summed E-state index contributed by atoms with van der Waals surface area (Å²) in [5.74, 6) is -1.38. The number of carbonyl (C=O) groups is 3. The molecule has 4 N–H and O–H groups in total. The summed E-state index contributed by atoms with van der Waals surface area (Å²) >= 11 is 0. The Labute approximate surface area is 216 Å². The highest BCUT2D eigenvalue weighted by Crippen LogP contribution is 2.40. The van der Waals surface area contributed by atoms with E-state index in [9.17, 15) is 23.9 Å². The number of amides is 1. The van der Waals surface area contributed by atoms with Gasteiger partial charge in [0.05, 0.1) is 36.3 Å². The van der Waals surface area contributed by atoms with Crippen molar-refractivity contribution >= 4 is 35.0 Å². The van der Waals surface area contributed by atoms with Crippen LogP contribution in [0.15, 0.2) is 66.9 Å². The summed E-state index contributed by atoms with van der Waals surface area (Å²) in [6.45, 7) is 0.246. The minimum Gasteiger partial charge on any atom is -0.494 e. The number of fused-ring (bicyclic) bond motifs is 1. The molecule has 2 aromatic carbocycles. The Bertz CT molecular complexity index is 1570. The van der Waals surface area contributed by atoms with E-state index in [1.54, 1.807) is 18.2 Å². The van der Waals surface area contributed by atoms with Crippen molar-refractivity contribution in [3.8, 4) is 17.0 Å². The van der Waals surface area contributed by atoms with Gasteiger partial charge < -0.3 is 25.8 Å². The Hall–Kier alpha value is -5.03. The summed E-state index contributed by atoms with van der Waals surface area (Å²) in [7, 11) is 1.30. The predicted molar refractivity (Wildman–Crippen MR) is 138 cm³/mol. The Kier molecular flexibility index (Phi) is 6.58. The van der Waals surface area contributed by atoms with E-state index in [1.807, 2.05) is 18.2 Å². The van der Waals surface area contributed by atoms with E-state index in [1.165, 1.54) is 31.5 Å². The predicted octanol–water partition coefficient (Wildman–Crippen LogP) is 4.51. The zero-order chi connectivity index (χ0) is 26.8. The van der Waals surface area contributed by atoms with Crippen LogP contribution in [0, 0.1) is 5.82 Å². The number of Topliss-reactive ketones (excluding diaryl/α,β-unsaturated/α-hetero) is 1. The third kappa shape index (κ3) is 4.58. The number of para-hydroxylation sites is 1. The smallest absolute Gasteiger partial charge is 0.416 e. The zero-order valence-corrected chi connectivity index (χ0v) is 20.1. The van der Waals surface area contributed by atoms with Crippen LogP contribution >= 0.6 is 0 Å². The molecular weight excluding hydrogens is 493 g/mol. The first-order valence-corrected chi connectivity index (χ1v) is 11.6. The number of anilines is 3. The molecule has 11 heteroatoms. The number of pyridine rings is 1. The van der Waals surface area contributed by atoms with Crippen LogP contribution in [0.4, 0.5) is 26.4 Å². The van der Waals surface area contributed by atoms with Crippen LogP contribution in [0.2, 0.25) is 0 Å². The molecule has 5 rings (SSSR count). The summed E-state index contributed by atoms with van der Waals surface area (Å²) in [5.41, 5.74) is 2.36. The molecule has 10 nitrogen and oxygen atoms in total. The Morgan fingerprint density at radius 3 is 2.63 bits per heavy atom. The van der Waals surface area contributed by atoms with Crippen LogP contribution in [-0.4, -0.2) is 46.1 Å².